The van der Waals surface area contributed by atoms with Gasteiger partial charge in [0.05, 0.1) is 4.90 Å². The molecule has 0 atom stereocenters. The molecular weight excluding hydrogens is 295 g/mol. The van der Waals surface area contributed by atoms with Crippen LogP contribution in [0.25, 0.3) is 0 Å². The first-order valence-corrected chi connectivity index (χ1v) is 7.52. The van der Waals surface area contributed by atoms with Crippen molar-refractivity contribution in [2.75, 3.05) is 10.5 Å². The molecule has 0 aliphatic heterocycles. The molecule has 0 aliphatic rings. The second-order valence-electron chi connectivity index (χ2n) is 3.53. The fourth-order valence-electron chi connectivity index (χ4n) is 1.26. The van der Waals surface area contributed by atoms with E-state index in [-0.39, 0.29) is 39.6 Å². The van der Waals surface area contributed by atoms with Crippen molar-refractivity contribution in [1.29, 1.82) is 0 Å². The predicted octanol–water partition coefficient (Wildman–Crippen LogP) is -1.51. The van der Waals surface area contributed by atoms with Gasteiger partial charge in [-0.05, 0) is 30.7 Å². The summed E-state index contributed by atoms with van der Waals surface area (Å²) in [6.07, 6.45) is 0.723. The zero-order chi connectivity index (χ0) is 13.2. The van der Waals surface area contributed by atoms with Crippen LogP contribution in [0.5, 0.6) is 0 Å². The monoisotopic (exact) mass is 307 g/mol. The molecule has 0 bridgehead atoms. The maximum absolute atomic E-state index is 12.0. The minimum Gasteiger partial charge on any atom is -0.399 e. The number of hydrogen-bond donors (Lipinski definition) is 2. The normalized spacial score (nSPS) is 10.8. The van der Waals surface area contributed by atoms with Crippen LogP contribution < -0.4 is 40.0 Å². The number of nitrogens with zero attached hydrogens (tertiary/aromatic N) is 2. The van der Waals surface area contributed by atoms with Crippen molar-refractivity contribution in [3.05, 3.63) is 29.3 Å². The topological polar surface area (TPSA) is 98.0 Å². The molecule has 0 amide bonds. The van der Waals surface area contributed by atoms with Gasteiger partial charge in [0, 0.05) is 5.69 Å². The molecule has 0 saturated heterocycles. The van der Waals surface area contributed by atoms with Gasteiger partial charge in [0.1, 0.15) is 5.01 Å². The average molecular weight is 307 g/mol. The van der Waals surface area contributed by atoms with Gasteiger partial charge < -0.3 is 5.73 Å². The summed E-state index contributed by atoms with van der Waals surface area (Å²) in [5.41, 5.74) is 6.02. The Hall–Kier alpha value is -0.670. The van der Waals surface area contributed by atoms with Gasteiger partial charge in [-0.1, -0.05) is 18.3 Å². The van der Waals surface area contributed by atoms with Gasteiger partial charge in [-0.25, -0.2) is 8.42 Å². The summed E-state index contributed by atoms with van der Waals surface area (Å²) < 4.78 is 26.4. The number of hydrogen-bond acceptors (Lipinski definition) is 6. The van der Waals surface area contributed by atoms with Crippen molar-refractivity contribution in [2.45, 2.75) is 18.2 Å². The summed E-state index contributed by atoms with van der Waals surface area (Å²) in [4.78, 5) is 0.143. The van der Waals surface area contributed by atoms with Crippen LogP contribution in [-0.4, -0.2) is 18.6 Å². The molecule has 0 aliphatic carbocycles. The number of sulfonamides is 1. The summed E-state index contributed by atoms with van der Waals surface area (Å²) in [6.45, 7) is 1.93. The minimum atomic E-state index is -3.62. The molecule has 0 spiro atoms. The fraction of sp³-hybridized carbons (Fsp3) is 0.200. The molecule has 0 unspecified atom stereocenters. The van der Waals surface area contributed by atoms with E-state index >= 15 is 0 Å². The van der Waals surface area contributed by atoms with Crippen LogP contribution in [0.1, 0.15) is 11.9 Å². The number of nitrogens with two attached hydrogens (primary N) is 1. The van der Waals surface area contributed by atoms with Gasteiger partial charge in [-0.2, -0.15) is 0 Å². The summed E-state index contributed by atoms with van der Waals surface area (Å²) in [6, 6.07) is 5.96. The Bertz CT molecular complexity index is 640. The quantitative estimate of drug-likeness (QED) is 0.528. The minimum absolute atomic E-state index is 0. The number of rotatable bonds is 4. The number of nitrogen functional groups attached to an aromatic ring is 1. The number of aryl methyl sites for hydroxylation is 1. The van der Waals surface area contributed by atoms with E-state index in [0.29, 0.717) is 5.69 Å². The first kappa shape index (κ1) is 16.4. The van der Waals surface area contributed by atoms with Gasteiger partial charge in [0.2, 0.25) is 5.13 Å². The van der Waals surface area contributed by atoms with Gasteiger partial charge in [-0.3, -0.25) is 4.72 Å². The third-order valence-electron chi connectivity index (χ3n) is 2.18. The molecule has 9 heteroatoms. The molecule has 96 valence electrons. The molecule has 0 saturated carbocycles. The first-order valence-electron chi connectivity index (χ1n) is 5.22. The zero-order valence-corrected chi connectivity index (χ0v) is 14.3. The van der Waals surface area contributed by atoms with Crippen LogP contribution in [0, 0.1) is 0 Å². The summed E-state index contributed by atoms with van der Waals surface area (Å²) in [5.74, 6) is 0. The fourth-order valence-corrected chi connectivity index (χ4v) is 3.17. The second kappa shape index (κ2) is 6.67. The Kier molecular flexibility index (Phi) is 5.75. The van der Waals surface area contributed by atoms with Crippen molar-refractivity contribution in [3.63, 3.8) is 0 Å². The zero-order valence-electron chi connectivity index (χ0n) is 10.6. The molecule has 1 aromatic carbocycles. The van der Waals surface area contributed by atoms with Crippen molar-refractivity contribution in [2.24, 2.45) is 0 Å². The van der Waals surface area contributed by atoms with E-state index in [1.807, 2.05) is 6.92 Å². The maximum Gasteiger partial charge on any atom is 1.00 e. The maximum atomic E-state index is 12.0. The third-order valence-corrected chi connectivity index (χ3v) is 4.65. The van der Waals surface area contributed by atoms with E-state index in [2.05, 4.69) is 14.9 Å². The molecule has 19 heavy (non-hydrogen) atoms. The SMILES string of the molecule is CCc1nnc(NS(=O)(=O)c2ccc(N)cc2)s1.[Na+]. The van der Waals surface area contributed by atoms with Crippen molar-refractivity contribution in [1.82, 2.24) is 10.2 Å². The van der Waals surface area contributed by atoms with E-state index in [1.165, 1.54) is 35.6 Å². The van der Waals surface area contributed by atoms with Crippen LogP contribution in [0.15, 0.2) is 29.2 Å². The van der Waals surface area contributed by atoms with Crippen molar-refractivity contribution < 1.29 is 38.0 Å². The summed E-state index contributed by atoms with van der Waals surface area (Å²) in [7, 11) is -3.62. The number of aromatic nitrogens is 2. The number of anilines is 2. The number of benzene rings is 1. The van der Waals surface area contributed by atoms with Crippen LogP contribution in [0.3, 0.4) is 0 Å². The van der Waals surface area contributed by atoms with Crippen LogP contribution in [0.4, 0.5) is 10.8 Å². The Morgan fingerprint density at radius 3 is 2.42 bits per heavy atom. The van der Waals surface area contributed by atoms with Crippen molar-refractivity contribution >= 4 is 32.2 Å². The Balaban J connectivity index is 0.00000180. The Morgan fingerprint density at radius 1 is 1.26 bits per heavy atom. The Labute approximate surface area is 137 Å². The molecule has 1 aromatic heterocycles. The van der Waals surface area contributed by atoms with Gasteiger partial charge in [0.25, 0.3) is 10.0 Å². The molecule has 3 N–H and O–H groups in total. The van der Waals surface area contributed by atoms with Gasteiger partial charge in [0.15, 0.2) is 0 Å². The van der Waals surface area contributed by atoms with E-state index in [0.717, 1.165) is 11.4 Å². The van der Waals surface area contributed by atoms with Crippen LogP contribution >= 0.6 is 11.3 Å². The van der Waals surface area contributed by atoms with Gasteiger partial charge in [-0.15, -0.1) is 10.2 Å². The van der Waals surface area contributed by atoms with Gasteiger partial charge >= 0.3 is 29.6 Å². The molecule has 1 heterocycles. The predicted molar refractivity (Wildman–Crippen MR) is 70.9 cm³/mol. The average Bonchev–Trinajstić information content (AvgIpc) is 2.76. The van der Waals surface area contributed by atoms with E-state index < -0.39 is 10.0 Å². The molecule has 0 fully saturated rings. The smallest absolute Gasteiger partial charge is 0.399 e. The standard InChI is InChI=1S/C10H12N4O2S2.Na/c1-2-9-12-13-10(17-9)14-18(15,16)8-5-3-7(11)4-6-8;/h3-6H,2,11H2,1H3,(H,13,14);/q;+1. The number of nitrogens with one attached hydrogen (secondary N) is 1. The summed E-state index contributed by atoms with van der Waals surface area (Å²) in [5, 5.41) is 8.67. The van der Waals surface area contributed by atoms with Crippen LogP contribution in [0.2, 0.25) is 0 Å². The first-order chi connectivity index (χ1) is 8.51. The van der Waals surface area contributed by atoms with E-state index in [1.54, 1.807) is 0 Å². The Morgan fingerprint density at radius 2 is 1.89 bits per heavy atom. The second-order valence-corrected chi connectivity index (χ2v) is 6.27. The van der Waals surface area contributed by atoms with E-state index in [4.69, 9.17) is 5.73 Å². The van der Waals surface area contributed by atoms with E-state index in [9.17, 15) is 8.42 Å². The van der Waals surface area contributed by atoms with Crippen LogP contribution in [-0.2, 0) is 16.4 Å². The molecule has 6 nitrogen and oxygen atoms in total. The molecule has 2 rings (SSSR count). The largest absolute Gasteiger partial charge is 1.00 e. The molecule has 2 aromatic rings. The third kappa shape index (κ3) is 4.15. The summed E-state index contributed by atoms with van der Waals surface area (Å²) >= 11 is 1.22. The van der Waals surface area contributed by atoms with Crippen molar-refractivity contribution in [3.8, 4) is 0 Å². The molecule has 0 radical (unpaired) electrons. The molecular formula is C10H12N4NaO2S2+.